The van der Waals surface area contributed by atoms with Gasteiger partial charge in [-0.15, -0.1) is 0 Å². The molecule has 1 aliphatic rings. The average Bonchev–Trinajstić information content (AvgIpc) is 2.75. The van der Waals surface area contributed by atoms with E-state index in [1.54, 1.807) is 0 Å². The fourth-order valence-corrected chi connectivity index (χ4v) is 4.79. The van der Waals surface area contributed by atoms with E-state index in [1.807, 2.05) is 42.5 Å². The number of benzene rings is 3. The summed E-state index contributed by atoms with van der Waals surface area (Å²) >= 11 is 0. The molecule has 0 aliphatic carbocycles. The van der Waals surface area contributed by atoms with Crippen LogP contribution < -0.4 is 4.74 Å². The fourth-order valence-electron chi connectivity index (χ4n) is 3.39. The van der Waals surface area contributed by atoms with Gasteiger partial charge in [0.1, 0.15) is 5.75 Å². The first-order valence-corrected chi connectivity index (χ1v) is 10.8. The Labute approximate surface area is 169 Å². The van der Waals surface area contributed by atoms with E-state index >= 15 is 0 Å². The van der Waals surface area contributed by atoms with Crippen LogP contribution in [0.3, 0.4) is 0 Å². The zero-order valence-electron chi connectivity index (χ0n) is 15.8. The predicted molar refractivity (Wildman–Crippen MR) is 109 cm³/mol. The highest BCUT2D eigenvalue weighted by molar-refractivity contribution is 7.89. The molecule has 1 aliphatic heterocycles. The third-order valence-corrected chi connectivity index (χ3v) is 6.79. The molecule has 150 valence electrons. The first kappa shape index (κ1) is 19.6. The minimum absolute atomic E-state index is 0.134. The van der Waals surface area contributed by atoms with E-state index in [4.69, 9.17) is 9.47 Å². The van der Waals surface area contributed by atoms with E-state index in [0.29, 0.717) is 32.1 Å². The second-order valence-electron chi connectivity index (χ2n) is 6.78. The van der Waals surface area contributed by atoms with Gasteiger partial charge in [0.2, 0.25) is 10.0 Å². The molecule has 0 N–H and O–H groups in total. The summed E-state index contributed by atoms with van der Waals surface area (Å²) in [6.07, 6.45) is 0.134. The molecule has 7 heteroatoms. The van der Waals surface area contributed by atoms with Crippen LogP contribution in [0, 0.1) is 0 Å². The molecule has 4 rings (SSSR count). The number of carbonyl (C=O) groups is 1. The minimum atomic E-state index is -3.57. The molecule has 0 aromatic heterocycles. The largest absolute Gasteiger partial charge is 0.426 e. The number of nitrogens with zero attached hydrogens (tertiary/aromatic N) is 1. The number of ether oxygens (including phenoxy) is 2. The molecule has 0 spiro atoms. The molecule has 3 aromatic carbocycles. The lowest BCUT2D eigenvalue weighted by molar-refractivity contribution is -0.133. The summed E-state index contributed by atoms with van der Waals surface area (Å²) in [4.78, 5) is 12.6. The molecule has 0 radical (unpaired) electrons. The van der Waals surface area contributed by atoms with Gasteiger partial charge in [0.05, 0.1) is 24.5 Å². The number of rotatable bonds is 5. The predicted octanol–water partition coefficient (Wildman–Crippen LogP) is 3.01. The van der Waals surface area contributed by atoms with Gasteiger partial charge in [-0.25, -0.2) is 8.42 Å². The maximum absolute atomic E-state index is 12.6. The summed E-state index contributed by atoms with van der Waals surface area (Å²) in [5, 5.41) is 2.08. The van der Waals surface area contributed by atoms with Crippen LogP contribution in [-0.4, -0.2) is 45.0 Å². The van der Waals surface area contributed by atoms with Gasteiger partial charge >= 0.3 is 5.97 Å². The van der Waals surface area contributed by atoms with E-state index in [0.717, 1.165) is 16.3 Å². The third kappa shape index (κ3) is 4.32. The molecule has 0 unspecified atom stereocenters. The topological polar surface area (TPSA) is 72.9 Å². The van der Waals surface area contributed by atoms with Gasteiger partial charge in [-0.1, -0.05) is 42.5 Å². The molecule has 0 saturated carbocycles. The van der Waals surface area contributed by atoms with Crippen LogP contribution in [0.1, 0.15) is 5.56 Å². The third-order valence-electron chi connectivity index (χ3n) is 4.88. The number of carbonyl (C=O) groups excluding carboxylic acids is 1. The Hall–Kier alpha value is -2.74. The SMILES string of the molecule is O=C(Cc1cccc2ccccc12)Oc1ccc(S(=O)(=O)N2CCOCC2)cc1. The lowest BCUT2D eigenvalue weighted by atomic mass is 10.0. The minimum Gasteiger partial charge on any atom is -0.426 e. The normalized spacial score (nSPS) is 15.3. The lowest BCUT2D eigenvalue weighted by Gasteiger charge is -2.26. The standard InChI is InChI=1S/C22H21NO5S/c24-22(16-18-6-3-5-17-4-1-2-7-21(17)18)28-19-8-10-20(11-9-19)29(25,26)23-12-14-27-15-13-23/h1-11H,12-16H2. The van der Waals surface area contributed by atoms with E-state index in [1.165, 1.54) is 28.6 Å². The summed E-state index contributed by atoms with van der Waals surface area (Å²) in [6, 6.07) is 19.6. The van der Waals surface area contributed by atoms with Gasteiger partial charge in [0.25, 0.3) is 0 Å². The van der Waals surface area contributed by atoms with Gasteiger partial charge in [-0.05, 0) is 40.6 Å². The van der Waals surface area contributed by atoms with Crippen molar-refractivity contribution in [3.8, 4) is 5.75 Å². The Morgan fingerprint density at radius 3 is 2.38 bits per heavy atom. The van der Waals surface area contributed by atoms with Crippen molar-refractivity contribution >= 4 is 26.8 Å². The van der Waals surface area contributed by atoms with Crippen LogP contribution in [-0.2, 0) is 26.0 Å². The van der Waals surface area contributed by atoms with Crippen molar-refractivity contribution in [1.82, 2.24) is 4.31 Å². The Bertz CT molecular complexity index is 1110. The zero-order chi connectivity index (χ0) is 20.3. The van der Waals surface area contributed by atoms with Crippen LogP contribution in [0.15, 0.2) is 71.6 Å². The van der Waals surface area contributed by atoms with Gasteiger partial charge in [0.15, 0.2) is 0 Å². The van der Waals surface area contributed by atoms with Crippen molar-refractivity contribution in [2.75, 3.05) is 26.3 Å². The quantitative estimate of drug-likeness (QED) is 0.477. The number of morpholine rings is 1. The first-order valence-electron chi connectivity index (χ1n) is 9.39. The number of esters is 1. The highest BCUT2D eigenvalue weighted by Gasteiger charge is 2.26. The number of sulfonamides is 1. The molecule has 29 heavy (non-hydrogen) atoms. The van der Waals surface area contributed by atoms with Crippen molar-refractivity contribution < 1.29 is 22.7 Å². The molecule has 1 heterocycles. The van der Waals surface area contributed by atoms with Crippen molar-refractivity contribution in [2.24, 2.45) is 0 Å². The van der Waals surface area contributed by atoms with Crippen molar-refractivity contribution in [1.29, 1.82) is 0 Å². The maximum Gasteiger partial charge on any atom is 0.315 e. The fraction of sp³-hybridized carbons (Fsp3) is 0.227. The maximum atomic E-state index is 12.6. The van der Waals surface area contributed by atoms with E-state index in [9.17, 15) is 13.2 Å². The van der Waals surface area contributed by atoms with Crippen molar-refractivity contribution in [3.63, 3.8) is 0 Å². The Kier molecular flexibility index (Phi) is 5.62. The monoisotopic (exact) mass is 411 g/mol. The second-order valence-corrected chi connectivity index (χ2v) is 8.71. The summed E-state index contributed by atoms with van der Waals surface area (Å²) in [5.41, 5.74) is 0.889. The van der Waals surface area contributed by atoms with Crippen LogP contribution >= 0.6 is 0 Å². The molecule has 0 amide bonds. The molecule has 3 aromatic rings. The molecule has 0 bridgehead atoms. The van der Waals surface area contributed by atoms with E-state index < -0.39 is 16.0 Å². The summed E-state index contributed by atoms with van der Waals surface area (Å²) in [7, 11) is -3.57. The van der Waals surface area contributed by atoms with Gasteiger partial charge in [-0.2, -0.15) is 4.31 Å². The highest BCUT2D eigenvalue weighted by atomic mass is 32.2. The molecule has 1 fully saturated rings. The van der Waals surface area contributed by atoms with E-state index in [2.05, 4.69) is 0 Å². The summed E-state index contributed by atoms with van der Waals surface area (Å²) < 4.78 is 37.3. The zero-order valence-corrected chi connectivity index (χ0v) is 16.6. The first-order chi connectivity index (χ1) is 14.0. The number of hydrogen-bond donors (Lipinski definition) is 0. The van der Waals surface area contributed by atoms with Gasteiger partial charge < -0.3 is 9.47 Å². The summed E-state index contributed by atoms with van der Waals surface area (Å²) in [6.45, 7) is 1.46. The molecule has 1 saturated heterocycles. The molecular weight excluding hydrogens is 390 g/mol. The molecule has 0 atom stereocenters. The van der Waals surface area contributed by atoms with Gasteiger partial charge in [0, 0.05) is 13.1 Å². The van der Waals surface area contributed by atoms with Crippen LogP contribution in [0.25, 0.3) is 10.8 Å². The second kappa shape index (κ2) is 8.32. The molecular formula is C22H21NO5S. The Morgan fingerprint density at radius 2 is 1.62 bits per heavy atom. The van der Waals surface area contributed by atoms with Gasteiger partial charge in [-0.3, -0.25) is 4.79 Å². The smallest absolute Gasteiger partial charge is 0.315 e. The Morgan fingerprint density at radius 1 is 0.931 bits per heavy atom. The summed E-state index contributed by atoms with van der Waals surface area (Å²) in [5.74, 6) is -0.0821. The highest BCUT2D eigenvalue weighted by Crippen LogP contribution is 2.22. The van der Waals surface area contributed by atoms with E-state index in [-0.39, 0.29) is 11.3 Å². The average molecular weight is 411 g/mol. The Balaban J connectivity index is 1.45. The van der Waals surface area contributed by atoms with Crippen LogP contribution in [0.5, 0.6) is 5.75 Å². The van der Waals surface area contributed by atoms with Crippen LogP contribution in [0.2, 0.25) is 0 Å². The van der Waals surface area contributed by atoms with Crippen molar-refractivity contribution in [2.45, 2.75) is 11.3 Å². The van der Waals surface area contributed by atoms with Crippen molar-refractivity contribution in [3.05, 3.63) is 72.3 Å². The lowest BCUT2D eigenvalue weighted by Crippen LogP contribution is -2.40. The number of fused-ring (bicyclic) bond motifs is 1. The number of hydrogen-bond acceptors (Lipinski definition) is 5. The van der Waals surface area contributed by atoms with Crippen LogP contribution in [0.4, 0.5) is 0 Å². The molecule has 6 nitrogen and oxygen atoms in total.